The van der Waals surface area contributed by atoms with Gasteiger partial charge in [-0.2, -0.15) is 0 Å². The molecule has 15 heavy (non-hydrogen) atoms. The highest BCUT2D eigenvalue weighted by atomic mass is 79.9. The first-order chi connectivity index (χ1) is 7.20. The van der Waals surface area contributed by atoms with Crippen LogP contribution in [0.1, 0.15) is 10.6 Å². The van der Waals surface area contributed by atoms with E-state index in [-0.39, 0.29) is 0 Å². The average molecular weight is 330 g/mol. The Morgan fingerprint density at radius 2 is 1.93 bits per heavy atom. The third-order valence-corrected chi connectivity index (χ3v) is 3.09. The SMILES string of the molecule is O=Cc1ccc(-c2ccc(Br)cc2Br)o1. The van der Waals surface area contributed by atoms with Crippen LogP contribution in [0.15, 0.2) is 43.7 Å². The van der Waals surface area contributed by atoms with E-state index in [9.17, 15) is 4.79 Å². The molecule has 2 nitrogen and oxygen atoms in total. The zero-order valence-electron chi connectivity index (χ0n) is 7.54. The molecule has 1 aromatic carbocycles. The molecule has 0 saturated heterocycles. The number of carbonyl (C=O) groups is 1. The first-order valence-corrected chi connectivity index (χ1v) is 5.80. The van der Waals surface area contributed by atoms with E-state index in [2.05, 4.69) is 31.9 Å². The van der Waals surface area contributed by atoms with E-state index in [1.165, 1.54) is 0 Å². The van der Waals surface area contributed by atoms with Gasteiger partial charge in [-0.1, -0.05) is 15.9 Å². The molecular formula is C11H6Br2O2. The minimum atomic E-state index is 0.333. The van der Waals surface area contributed by atoms with Crippen LogP contribution in [0.5, 0.6) is 0 Å². The molecule has 0 unspecified atom stereocenters. The summed E-state index contributed by atoms with van der Waals surface area (Å²) in [6, 6.07) is 9.19. The third kappa shape index (κ3) is 2.21. The highest BCUT2D eigenvalue weighted by Crippen LogP contribution is 2.31. The summed E-state index contributed by atoms with van der Waals surface area (Å²) < 4.78 is 7.23. The van der Waals surface area contributed by atoms with Crippen molar-refractivity contribution in [3.63, 3.8) is 0 Å². The van der Waals surface area contributed by atoms with E-state index in [0.717, 1.165) is 14.5 Å². The summed E-state index contributed by atoms with van der Waals surface area (Å²) >= 11 is 6.81. The van der Waals surface area contributed by atoms with Crippen molar-refractivity contribution in [2.45, 2.75) is 0 Å². The minimum absolute atomic E-state index is 0.333. The van der Waals surface area contributed by atoms with Gasteiger partial charge in [0.2, 0.25) is 0 Å². The van der Waals surface area contributed by atoms with Gasteiger partial charge in [-0.05, 0) is 46.3 Å². The van der Waals surface area contributed by atoms with Crippen LogP contribution in [-0.2, 0) is 0 Å². The van der Waals surface area contributed by atoms with E-state index in [4.69, 9.17) is 4.42 Å². The molecule has 76 valence electrons. The fourth-order valence-corrected chi connectivity index (χ4v) is 2.49. The highest BCUT2D eigenvalue weighted by molar-refractivity contribution is 9.11. The van der Waals surface area contributed by atoms with Gasteiger partial charge < -0.3 is 4.42 Å². The number of aldehydes is 1. The predicted octanol–water partition coefficient (Wildman–Crippen LogP) is 4.28. The zero-order chi connectivity index (χ0) is 10.8. The Morgan fingerprint density at radius 1 is 1.13 bits per heavy atom. The predicted molar refractivity (Wildman–Crippen MR) is 64.9 cm³/mol. The molecule has 0 amide bonds. The van der Waals surface area contributed by atoms with Crippen molar-refractivity contribution in [2.24, 2.45) is 0 Å². The van der Waals surface area contributed by atoms with Crippen LogP contribution in [0.25, 0.3) is 11.3 Å². The first kappa shape index (κ1) is 10.6. The number of hydrogen-bond acceptors (Lipinski definition) is 2. The molecule has 0 N–H and O–H groups in total. The Kier molecular flexibility index (Phi) is 3.07. The number of carbonyl (C=O) groups excluding carboxylic acids is 1. The lowest BCUT2D eigenvalue weighted by Gasteiger charge is -2.00. The summed E-state index contributed by atoms with van der Waals surface area (Å²) in [5.41, 5.74) is 0.923. The van der Waals surface area contributed by atoms with Crippen LogP contribution in [0.3, 0.4) is 0 Å². The summed E-state index contributed by atoms with van der Waals surface area (Å²) in [5.74, 6) is 1.01. The molecule has 0 fully saturated rings. The van der Waals surface area contributed by atoms with E-state index >= 15 is 0 Å². The Bertz CT molecular complexity index is 503. The maximum absolute atomic E-state index is 10.5. The lowest BCUT2D eigenvalue weighted by Crippen LogP contribution is -1.77. The van der Waals surface area contributed by atoms with Crippen LogP contribution < -0.4 is 0 Å². The van der Waals surface area contributed by atoms with Crippen molar-refractivity contribution in [3.8, 4) is 11.3 Å². The number of hydrogen-bond donors (Lipinski definition) is 0. The van der Waals surface area contributed by atoms with Crippen LogP contribution >= 0.6 is 31.9 Å². The van der Waals surface area contributed by atoms with Crippen LogP contribution in [0.2, 0.25) is 0 Å². The summed E-state index contributed by atoms with van der Waals surface area (Å²) in [6.07, 6.45) is 0.691. The molecule has 2 aromatic rings. The van der Waals surface area contributed by atoms with Crippen molar-refractivity contribution in [1.29, 1.82) is 0 Å². The minimum Gasteiger partial charge on any atom is -0.453 e. The molecule has 0 bridgehead atoms. The van der Waals surface area contributed by atoms with Crippen molar-refractivity contribution in [1.82, 2.24) is 0 Å². The normalized spacial score (nSPS) is 10.3. The molecule has 0 atom stereocenters. The van der Waals surface area contributed by atoms with Gasteiger partial charge >= 0.3 is 0 Å². The maximum atomic E-state index is 10.5. The fraction of sp³-hybridized carbons (Fsp3) is 0. The van der Waals surface area contributed by atoms with E-state index in [0.29, 0.717) is 17.8 Å². The lowest BCUT2D eigenvalue weighted by atomic mass is 10.2. The topological polar surface area (TPSA) is 30.2 Å². The standard InChI is InChI=1S/C11H6Br2O2/c12-7-1-3-9(10(13)5-7)11-4-2-8(6-14)15-11/h1-6H. The number of benzene rings is 1. The molecule has 2 rings (SSSR count). The summed E-state index contributed by atoms with van der Waals surface area (Å²) in [5, 5.41) is 0. The second kappa shape index (κ2) is 4.33. The molecule has 0 radical (unpaired) electrons. The molecule has 0 spiro atoms. The molecular weight excluding hydrogens is 324 g/mol. The summed E-state index contributed by atoms with van der Waals surface area (Å²) in [6.45, 7) is 0. The van der Waals surface area contributed by atoms with Gasteiger partial charge in [0.05, 0.1) is 0 Å². The Morgan fingerprint density at radius 3 is 2.53 bits per heavy atom. The van der Waals surface area contributed by atoms with Gasteiger partial charge in [0, 0.05) is 14.5 Å². The Hall–Kier alpha value is -0.870. The van der Waals surface area contributed by atoms with E-state index in [1.54, 1.807) is 12.1 Å². The van der Waals surface area contributed by atoms with Gasteiger partial charge in [0.1, 0.15) is 5.76 Å². The second-order valence-corrected chi connectivity index (χ2v) is 4.71. The van der Waals surface area contributed by atoms with E-state index in [1.807, 2.05) is 18.2 Å². The van der Waals surface area contributed by atoms with Gasteiger partial charge in [-0.3, -0.25) is 4.79 Å². The van der Waals surface area contributed by atoms with Crippen LogP contribution in [-0.4, -0.2) is 6.29 Å². The fourth-order valence-electron chi connectivity index (χ4n) is 1.25. The van der Waals surface area contributed by atoms with Crippen molar-refractivity contribution in [3.05, 3.63) is 45.0 Å². The molecule has 1 aromatic heterocycles. The third-order valence-electron chi connectivity index (χ3n) is 1.94. The largest absolute Gasteiger partial charge is 0.453 e. The van der Waals surface area contributed by atoms with Gasteiger partial charge in [-0.15, -0.1) is 0 Å². The maximum Gasteiger partial charge on any atom is 0.185 e. The monoisotopic (exact) mass is 328 g/mol. The molecule has 0 aliphatic rings. The van der Waals surface area contributed by atoms with Crippen molar-refractivity contribution >= 4 is 38.1 Å². The number of halogens is 2. The molecule has 0 aliphatic heterocycles. The molecule has 0 aliphatic carbocycles. The van der Waals surface area contributed by atoms with Gasteiger partial charge in [0.25, 0.3) is 0 Å². The van der Waals surface area contributed by atoms with Crippen LogP contribution in [0.4, 0.5) is 0 Å². The van der Waals surface area contributed by atoms with Crippen LogP contribution in [0, 0.1) is 0 Å². The average Bonchev–Trinajstić information content (AvgIpc) is 2.66. The Labute approximate surface area is 104 Å². The quantitative estimate of drug-likeness (QED) is 0.769. The van der Waals surface area contributed by atoms with Crippen molar-refractivity contribution < 1.29 is 9.21 Å². The van der Waals surface area contributed by atoms with E-state index < -0.39 is 0 Å². The van der Waals surface area contributed by atoms with Gasteiger partial charge in [-0.25, -0.2) is 0 Å². The zero-order valence-corrected chi connectivity index (χ0v) is 10.7. The van der Waals surface area contributed by atoms with Gasteiger partial charge in [0.15, 0.2) is 12.0 Å². The molecule has 1 heterocycles. The smallest absolute Gasteiger partial charge is 0.185 e. The number of furan rings is 1. The summed E-state index contributed by atoms with van der Waals surface area (Å²) in [7, 11) is 0. The Balaban J connectivity index is 2.49. The summed E-state index contributed by atoms with van der Waals surface area (Å²) in [4.78, 5) is 10.5. The number of rotatable bonds is 2. The second-order valence-electron chi connectivity index (χ2n) is 2.94. The first-order valence-electron chi connectivity index (χ1n) is 4.21. The van der Waals surface area contributed by atoms with Crippen molar-refractivity contribution in [2.75, 3.05) is 0 Å². The lowest BCUT2D eigenvalue weighted by molar-refractivity contribution is 0.110. The molecule has 4 heteroatoms. The molecule has 0 saturated carbocycles. The highest BCUT2D eigenvalue weighted by Gasteiger charge is 2.07.